The molecular formula is C17H20N2O2. The molecule has 0 saturated heterocycles. The van der Waals surface area contributed by atoms with Crippen molar-refractivity contribution in [2.24, 2.45) is 0 Å². The van der Waals surface area contributed by atoms with Gasteiger partial charge >= 0.3 is 0 Å². The lowest BCUT2D eigenvalue weighted by Crippen LogP contribution is -2.46. The van der Waals surface area contributed by atoms with Crippen LogP contribution in [0.15, 0.2) is 40.9 Å². The zero-order valence-corrected chi connectivity index (χ0v) is 12.6. The number of carbonyl (C=O) groups excluding carboxylic acids is 1. The van der Waals surface area contributed by atoms with E-state index in [1.54, 1.807) is 0 Å². The first-order valence-electron chi connectivity index (χ1n) is 7.26. The van der Waals surface area contributed by atoms with Gasteiger partial charge in [-0.05, 0) is 33.6 Å². The summed E-state index contributed by atoms with van der Waals surface area (Å²) in [6.45, 7) is 5.96. The van der Waals surface area contributed by atoms with E-state index in [1.807, 2.05) is 57.2 Å². The lowest BCUT2D eigenvalue weighted by molar-refractivity contribution is -0.125. The van der Waals surface area contributed by atoms with E-state index >= 15 is 0 Å². The minimum absolute atomic E-state index is 0.0444. The Balaban J connectivity index is 1.85. The van der Waals surface area contributed by atoms with Crippen molar-refractivity contribution in [3.63, 3.8) is 0 Å². The van der Waals surface area contributed by atoms with E-state index in [1.165, 1.54) is 0 Å². The van der Waals surface area contributed by atoms with Gasteiger partial charge in [-0.2, -0.15) is 0 Å². The molecule has 0 unspecified atom stereocenters. The van der Waals surface area contributed by atoms with Gasteiger partial charge in [-0.1, -0.05) is 35.5 Å². The fourth-order valence-electron chi connectivity index (χ4n) is 2.42. The summed E-state index contributed by atoms with van der Waals surface area (Å²) in [5.74, 6) is 0.753. The number of amides is 1. The fraction of sp³-hybridized carbons (Fsp3) is 0.412. The first-order chi connectivity index (χ1) is 9.91. The first-order valence-corrected chi connectivity index (χ1v) is 7.26. The Kier molecular flexibility index (Phi) is 3.12. The molecule has 1 fully saturated rings. The summed E-state index contributed by atoms with van der Waals surface area (Å²) < 4.78 is 5.43. The topological polar surface area (TPSA) is 55.1 Å². The highest BCUT2D eigenvalue weighted by Gasteiger charge is 2.54. The van der Waals surface area contributed by atoms with Crippen LogP contribution in [0.4, 0.5) is 0 Å². The molecule has 0 aliphatic heterocycles. The number of rotatable bonds is 3. The molecule has 0 radical (unpaired) electrons. The van der Waals surface area contributed by atoms with Gasteiger partial charge in [0.25, 0.3) is 0 Å². The number of benzene rings is 1. The van der Waals surface area contributed by atoms with Crippen LogP contribution in [0.5, 0.6) is 0 Å². The zero-order valence-electron chi connectivity index (χ0n) is 12.6. The van der Waals surface area contributed by atoms with E-state index in [9.17, 15) is 4.79 Å². The van der Waals surface area contributed by atoms with Crippen LogP contribution in [0.2, 0.25) is 0 Å². The van der Waals surface area contributed by atoms with Gasteiger partial charge in [-0.25, -0.2) is 0 Å². The van der Waals surface area contributed by atoms with Crippen LogP contribution in [-0.2, 0) is 10.2 Å². The molecule has 3 rings (SSSR count). The highest BCUT2D eigenvalue weighted by molar-refractivity contribution is 5.91. The van der Waals surface area contributed by atoms with Crippen LogP contribution < -0.4 is 5.32 Å². The van der Waals surface area contributed by atoms with Crippen molar-refractivity contribution >= 4 is 5.91 Å². The molecule has 1 saturated carbocycles. The molecule has 1 aromatic carbocycles. The molecule has 110 valence electrons. The number of nitrogens with one attached hydrogen (secondary N) is 1. The van der Waals surface area contributed by atoms with Gasteiger partial charge in [-0.15, -0.1) is 0 Å². The largest absolute Gasteiger partial charge is 0.356 e. The first kappa shape index (κ1) is 13.9. The SMILES string of the molecule is CC(C)(C)NC(=O)C1(c2cc(-c3ccccc3)on2)CC1. The van der Waals surface area contributed by atoms with Crippen LogP contribution in [0.25, 0.3) is 11.3 Å². The lowest BCUT2D eigenvalue weighted by atomic mass is 9.98. The lowest BCUT2D eigenvalue weighted by Gasteiger charge is -2.23. The predicted molar refractivity (Wildman–Crippen MR) is 80.7 cm³/mol. The molecule has 21 heavy (non-hydrogen) atoms. The quantitative estimate of drug-likeness (QED) is 0.941. The van der Waals surface area contributed by atoms with E-state index in [2.05, 4.69) is 10.5 Å². The normalized spacial score (nSPS) is 16.5. The summed E-state index contributed by atoms with van der Waals surface area (Å²) in [6, 6.07) is 11.7. The second kappa shape index (κ2) is 4.72. The average Bonchev–Trinajstić information content (AvgIpc) is 3.09. The summed E-state index contributed by atoms with van der Waals surface area (Å²) in [5, 5.41) is 7.19. The van der Waals surface area contributed by atoms with Crippen molar-refractivity contribution < 1.29 is 9.32 Å². The Morgan fingerprint density at radius 1 is 1.24 bits per heavy atom. The molecule has 1 aliphatic carbocycles. The predicted octanol–water partition coefficient (Wildman–Crippen LogP) is 3.29. The van der Waals surface area contributed by atoms with E-state index in [-0.39, 0.29) is 11.4 Å². The van der Waals surface area contributed by atoms with Crippen LogP contribution in [0, 0.1) is 0 Å². The minimum atomic E-state index is -0.496. The van der Waals surface area contributed by atoms with Gasteiger partial charge in [0.05, 0.1) is 11.1 Å². The molecule has 4 nitrogen and oxygen atoms in total. The number of hydrogen-bond acceptors (Lipinski definition) is 3. The highest BCUT2D eigenvalue weighted by Crippen LogP contribution is 2.48. The van der Waals surface area contributed by atoms with Crippen molar-refractivity contribution in [2.45, 2.75) is 44.6 Å². The molecule has 0 bridgehead atoms. The van der Waals surface area contributed by atoms with E-state index in [0.717, 1.165) is 24.1 Å². The summed E-state index contributed by atoms with van der Waals surface area (Å²) in [6.07, 6.45) is 1.66. The third-order valence-electron chi connectivity index (χ3n) is 3.73. The second-order valence-electron chi connectivity index (χ2n) is 6.73. The van der Waals surface area contributed by atoms with Crippen LogP contribution in [0.1, 0.15) is 39.3 Å². The third kappa shape index (κ3) is 2.71. The van der Waals surface area contributed by atoms with Crippen molar-refractivity contribution in [2.75, 3.05) is 0 Å². The standard InChI is InChI=1S/C17H20N2O2/c1-16(2,3)18-15(20)17(9-10-17)14-11-13(21-19-14)12-7-5-4-6-8-12/h4-8,11H,9-10H2,1-3H3,(H,18,20). The smallest absolute Gasteiger partial charge is 0.232 e. The van der Waals surface area contributed by atoms with Gasteiger partial charge < -0.3 is 9.84 Å². The Hall–Kier alpha value is -2.10. The number of carbonyl (C=O) groups is 1. The van der Waals surface area contributed by atoms with Gasteiger partial charge in [0.2, 0.25) is 5.91 Å². The number of aromatic nitrogens is 1. The maximum absolute atomic E-state index is 12.5. The fourth-order valence-corrected chi connectivity index (χ4v) is 2.42. The molecular weight excluding hydrogens is 264 g/mol. The Morgan fingerprint density at radius 3 is 2.48 bits per heavy atom. The summed E-state index contributed by atoms with van der Waals surface area (Å²) in [5.41, 5.74) is 0.981. The number of nitrogens with zero attached hydrogens (tertiary/aromatic N) is 1. The van der Waals surface area contributed by atoms with Crippen molar-refractivity contribution in [1.82, 2.24) is 10.5 Å². The summed E-state index contributed by atoms with van der Waals surface area (Å²) in [7, 11) is 0. The van der Waals surface area contributed by atoms with Gasteiger partial charge in [0.15, 0.2) is 5.76 Å². The molecule has 1 amide bonds. The molecule has 1 aromatic heterocycles. The summed E-state index contributed by atoms with van der Waals surface area (Å²) >= 11 is 0. The molecule has 2 aromatic rings. The second-order valence-corrected chi connectivity index (χ2v) is 6.73. The molecule has 1 N–H and O–H groups in total. The Labute approximate surface area is 124 Å². The van der Waals surface area contributed by atoms with Crippen molar-refractivity contribution in [3.05, 3.63) is 42.1 Å². The molecule has 0 spiro atoms. The maximum Gasteiger partial charge on any atom is 0.232 e. The van der Waals surface area contributed by atoms with Gasteiger partial charge in [-0.3, -0.25) is 4.79 Å². The molecule has 1 aliphatic rings. The molecule has 1 heterocycles. The Morgan fingerprint density at radius 2 is 1.90 bits per heavy atom. The maximum atomic E-state index is 12.5. The molecule has 4 heteroatoms. The average molecular weight is 284 g/mol. The van der Waals surface area contributed by atoms with E-state index in [0.29, 0.717) is 5.76 Å². The summed E-state index contributed by atoms with van der Waals surface area (Å²) in [4.78, 5) is 12.5. The monoisotopic (exact) mass is 284 g/mol. The van der Waals surface area contributed by atoms with Gasteiger partial charge in [0.1, 0.15) is 0 Å². The number of hydrogen-bond donors (Lipinski definition) is 1. The van der Waals surface area contributed by atoms with Crippen LogP contribution in [0.3, 0.4) is 0 Å². The van der Waals surface area contributed by atoms with Gasteiger partial charge in [0, 0.05) is 17.2 Å². The van der Waals surface area contributed by atoms with Crippen LogP contribution >= 0.6 is 0 Å². The highest BCUT2D eigenvalue weighted by atomic mass is 16.5. The van der Waals surface area contributed by atoms with E-state index in [4.69, 9.17) is 4.52 Å². The van der Waals surface area contributed by atoms with Crippen LogP contribution in [-0.4, -0.2) is 16.6 Å². The molecule has 0 atom stereocenters. The third-order valence-corrected chi connectivity index (χ3v) is 3.73. The van der Waals surface area contributed by atoms with Crippen molar-refractivity contribution in [3.8, 4) is 11.3 Å². The zero-order chi connectivity index (χ0) is 15.1. The van der Waals surface area contributed by atoms with E-state index < -0.39 is 5.41 Å². The van der Waals surface area contributed by atoms with Crippen molar-refractivity contribution in [1.29, 1.82) is 0 Å². The Bertz CT molecular complexity index is 649. The minimum Gasteiger partial charge on any atom is -0.356 e.